The van der Waals surface area contributed by atoms with Gasteiger partial charge in [-0.3, -0.25) is 9.48 Å². The molecule has 0 spiro atoms. The number of rotatable bonds is 9. The lowest BCUT2D eigenvalue weighted by Gasteiger charge is -2.08. The van der Waals surface area contributed by atoms with E-state index in [9.17, 15) is 4.79 Å². The molecule has 0 radical (unpaired) electrons. The van der Waals surface area contributed by atoms with Crippen LogP contribution in [-0.2, 0) is 31.0 Å². The molecule has 0 bridgehead atoms. The molecular formula is C26H25N3O2. The molecule has 4 rings (SSSR count). The minimum atomic E-state index is -0.134. The molecular weight excluding hydrogens is 386 g/mol. The SMILES string of the molecule is O=C(NCc1cccc(COCc2ccccc2)c1)c1cnn(Cc2ccccc2)c1. The maximum Gasteiger partial charge on any atom is 0.254 e. The molecule has 1 heterocycles. The van der Waals surface area contributed by atoms with Crippen LogP contribution in [-0.4, -0.2) is 15.7 Å². The zero-order chi connectivity index (χ0) is 21.3. The van der Waals surface area contributed by atoms with Crippen molar-refractivity contribution in [1.29, 1.82) is 0 Å². The summed E-state index contributed by atoms with van der Waals surface area (Å²) in [5.41, 5.74) is 4.96. The van der Waals surface area contributed by atoms with Gasteiger partial charge in [0.05, 0.1) is 31.5 Å². The first kappa shape index (κ1) is 20.6. The fraction of sp³-hybridized carbons (Fsp3) is 0.154. The largest absolute Gasteiger partial charge is 0.372 e. The number of aromatic nitrogens is 2. The molecule has 5 heteroatoms. The molecule has 1 aromatic heterocycles. The number of ether oxygens (including phenoxy) is 1. The van der Waals surface area contributed by atoms with Gasteiger partial charge in [-0.1, -0.05) is 84.9 Å². The molecule has 0 fully saturated rings. The van der Waals surface area contributed by atoms with Crippen LogP contribution in [0.25, 0.3) is 0 Å². The number of nitrogens with zero attached hydrogens (tertiary/aromatic N) is 2. The Labute approximate surface area is 182 Å². The van der Waals surface area contributed by atoms with Gasteiger partial charge in [0.2, 0.25) is 0 Å². The second-order valence-corrected chi connectivity index (χ2v) is 7.39. The van der Waals surface area contributed by atoms with Crippen LogP contribution in [0, 0.1) is 0 Å². The summed E-state index contributed by atoms with van der Waals surface area (Å²) in [4.78, 5) is 12.5. The standard InChI is InChI=1S/C26H25N3O2/c30-26(25-16-28-29(18-25)17-21-8-3-1-4-9-21)27-15-23-12-7-13-24(14-23)20-31-19-22-10-5-2-6-11-22/h1-14,16,18H,15,17,19-20H2,(H,27,30). The maximum atomic E-state index is 12.5. The average molecular weight is 412 g/mol. The fourth-order valence-corrected chi connectivity index (χ4v) is 3.31. The lowest BCUT2D eigenvalue weighted by Crippen LogP contribution is -2.22. The van der Waals surface area contributed by atoms with E-state index >= 15 is 0 Å². The highest BCUT2D eigenvalue weighted by Gasteiger charge is 2.09. The minimum Gasteiger partial charge on any atom is -0.372 e. The third-order valence-corrected chi connectivity index (χ3v) is 4.91. The number of hydrogen-bond acceptors (Lipinski definition) is 3. The van der Waals surface area contributed by atoms with E-state index in [1.165, 1.54) is 0 Å². The van der Waals surface area contributed by atoms with E-state index in [0.29, 0.717) is 31.9 Å². The molecule has 0 aliphatic heterocycles. The van der Waals surface area contributed by atoms with E-state index in [-0.39, 0.29) is 5.91 Å². The van der Waals surface area contributed by atoms with Crippen molar-refractivity contribution >= 4 is 5.91 Å². The van der Waals surface area contributed by atoms with E-state index in [2.05, 4.69) is 16.5 Å². The Morgan fingerprint density at radius 3 is 2.23 bits per heavy atom. The summed E-state index contributed by atoms with van der Waals surface area (Å²) in [5, 5.41) is 7.27. The Kier molecular flexibility index (Phi) is 6.88. The molecule has 1 N–H and O–H groups in total. The molecule has 156 valence electrons. The molecule has 4 aromatic rings. The lowest BCUT2D eigenvalue weighted by molar-refractivity contribution is 0.0950. The topological polar surface area (TPSA) is 56.1 Å². The number of carbonyl (C=O) groups is 1. The van der Waals surface area contributed by atoms with Gasteiger partial charge in [0.15, 0.2) is 0 Å². The van der Waals surface area contributed by atoms with Crippen LogP contribution >= 0.6 is 0 Å². The van der Waals surface area contributed by atoms with Gasteiger partial charge in [-0.25, -0.2) is 0 Å². The quantitative estimate of drug-likeness (QED) is 0.439. The molecule has 0 aliphatic carbocycles. The van der Waals surface area contributed by atoms with Crippen molar-refractivity contribution in [2.45, 2.75) is 26.3 Å². The van der Waals surface area contributed by atoms with Crippen LogP contribution in [0.4, 0.5) is 0 Å². The molecule has 0 saturated carbocycles. The molecule has 0 unspecified atom stereocenters. The summed E-state index contributed by atoms with van der Waals surface area (Å²) in [5.74, 6) is -0.134. The van der Waals surface area contributed by atoms with Gasteiger partial charge in [0.25, 0.3) is 5.91 Å². The van der Waals surface area contributed by atoms with E-state index in [0.717, 1.165) is 22.3 Å². The summed E-state index contributed by atoms with van der Waals surface area (Å²) in [7, 11) is 0. The highest BCUT2D eigenvalue weighted by molar-refractivity contribution is 5.93. The van der Waals surface area contributed by atoms with Crippen LogP contribution in [0.15, 0.2) is 97.3 Å². The zero-order valence-corrected chi connectivity index (χ0v) is 17.3. The monoisotopic (exact) mass is 411 g/mol. The van der Waals surface area contributed by atoms with Crippen LogP contribution < -0.4 is 5.32 Å². The molecule has 0 atom stereocenters. The van der Waals surface area contributed by atoms with Crippen molar-refractivity contribution in [2.75, 3.05) is 0 Å². The Hall–Kier alpha value is -3.70. The minimum absolute atomic E-state index is 0.134. The van der Waals surface area contributed by atoms with E-state index in [1.807, 2.05) is 78.9 Å². The Morgan fingerprint density at radius 2 is 1.45 bits per heavy atom. The average Bonchev–Trinajstić information content (AvgIpc) is 3.28. The predicted octanol–water partition coefficient (Wildman–Crippen LogP) is 4.58. The third kappa shape index (κ3) is 6.14. The lowest BCUT2D eigenvalue weighted by atomic mass is 10.1. The molecule has 5 nitrogen and oxygen atoms in total. The molecule has 1 amide bonds. The van der Waals surface area contributed by atoms with Crippen molar-refractivity contribution in [3.05, 3.63) is 125 Å². The van der Waals surface area contributed by atoms with E-state index in [4.69, 9.17) is 4.74 Å². The van der Waals surface area contributed by atoms with Gasteiger partial charge in [-0.05, 0) is 22.3 Å². The first-order valence-corrected chi connectivity index (χ1v) is 10.3. The normalized spacial score (nSPS) is 10.7. The van der Waals surface area contributed by atoms with Gasteiger partial charge < -0.3 is 10.1 Å². The van der Waals surface area contributed by atoms with Crippen molar-refractivity contribution in [2.24, 2.45) is 0 Å². The van der Waals surface area contributed by atoms with Gasteiger partial charge in [-0.2, -0.15) is 5.10 Å². The molecule has 0 saturated heterocycles. The molecule has 31 heavy (non-hydrogen) atoms. The number of carbonyl (C=O) groups excluding carboxylic acids is 1. The fourth-order valence-electron chi connectivity index (χ4n) is 3.31. The zero-order valence-electron chi connectivity index (χ0n) is 17.3. The van der Waals surface area contributed by atoms with Crippen LogP contribution in [0.3, 0.4) is 0 Å². The van der Waals surface area contributed by atoms with E-state index in [1.54, 1.807) is 17.1 Å². The first-order valence-electron chi connectivity index (χ1n) is 10.3. The summed E-state index contributed by atoms with van der Waals surface area (Å²) in [6.45, 7) is 2.20. The molecule has 3 aromatic carbocycles. The van der Waals surface area contributed by atoms with Gasteiger partial charge >= 0.3 is 0 Å². The second kappa shape index (κ2) is 10.4. The highest BCUT2D eigenvalue weighted by Crippen LogP contribution is 2.10. The predicted molar refractivity (Wildman–Crippen MR) is 120 cm³/mol. The molecule has 0 aliphatic rings. The summed E-state index contributed by atoms with van der Waals surface area (Å²) in [6.07, 6.45) is 3.38. The Bertz CT molecular complexity index is 1110. The highest BCUT2D eigenvalue weighted by atomic mass is 16.5. The van der Waals surface area contributed by atoms with Crippen molar-refractivity contribution in [1.82, 2.24) is 15.1 Å². The smallest absolute Gasteiger partial charge is 0.254 e. The van der Waals surface area contributed by atoms with Crippen molar-refractivity contribution in [3.8, 4) is 0 Å². The number of nitrogens with one attached hydrogen (secondary N) is 1. The van der Waals surface area contributed by atoms with Gasteiger partial charge in [0.1, 0.15) is 0 Å². The van der Waals surface area contributed by atoms with Gasteiger partial charge in [-0.15, -0.1) is 0 Å². The summed E-state index contributed by atoms with van der Waals surface area (Å²) in [6, 6.07) is 28.2. The van der Waals surface area contributed by atoms with Crippen LogP contribution in [0.1, 0.15) is 32.6 Å². The Balaban J connectivity index is 1.27. The maximum absolute atomic E-state index is 12.5. The van der Waals surface area contributed by atoms with Crippen LogP contribution in [0.2, 0.25) is 0 Å². The number of amides is 1. The van der Waals surface area contributed by atoms with E-state index < -0.39 is 0 Å². The first-order chi connectivity index (χ1) is 15.3. The van der Waals surface area contributed by atoms with Crippen molar-refractivity contribution in [3.63, 3.8) is 0 Å². The van der Waals surface area contributed by atoms with Crippen LogP contribution in [0.5, 0.6) is 0 Å². The third-order valence-electron chi connectivity index (χ3n) is 4.91. The van der Waals surface area contributed by atoms with Crippen molar-refractivity contribution < 1.29 is 9.53 Å². The second-order valence-electron chi connectivity index (χ2n) is 7.39. The summed E-state index contributed by atoms with van der Waals surface area (Å²) >= 11 is 0. The Morgan fingerprint density at radius 1 is 0.806 bits per heavy atom. The number of hydrogen-bond donors (Lipinski definition) is 1. The number of benzene rings is 3. The summed E-state index contributed by atoms with van der Waals surface area (Å²) < 4.78 is 7.58. The van der Waals surface area contributed by atoms with Gasteiger partial charge in [0, 0.05) is 12.7 Å².